The SMILES string of the molecule is O=[N+]([O-])c1ccc(N2CCN(C3CC4(CNC4)C3)CC2)cc1. The van der Waals surface area contributed by atoms with Gasteiger partial charge in [-0.15, -0.1) is 0 Å². The van der Waals surface area contributed by atoms with Gasteiger partial charge in [-0.05, 0) is 30.4 Å². The number of nitro groups is 1. The number of non-ortho nitro benzene ring substituents is 1. The molecule has 2 heterocycles. The Balaban J connectivity index is 1.31. The van der Waals surface area contributed by atoms with Crippen molar-refractivity contribution in [3.8, 4) is 0 Å². The fourth-order valence-electron chi connectivity index (χ4n) is 4.10. The highest BCUT2D eigenvalue weighted by Crippen LogP contribution is 2.46. The molecule has 1 saturated carbocycles. The lowest BCUT2D eigenvalue weighted by atomic mass is 9.61. The van der Waals surface area contributed by atoms with E-state index in [0.29, 0.717) is 5.41 Å². The number of piperazine rings is 1. The van der Waals surface area contributed by atoms with Gasteiger partial charge in [0.15, 0.2) is 0 Å². The number of nitrogens with one attached hydrogen (secondary N) is 1. The van der Waals surface area contributed by atoms with Crippen molar-refractivity contribution < 1.29 is 4.92 Å². The Morgan fingerprint density at radius 1 is 1.09 bits per heavy atom. The van der Waals surface area contributed by atoms with Crippen LogP contribution in [0.4, 0.5) is 11.4 Å². The van der Waals surface area contributed by atoms with Crippen molar-refractivity contribution in [2.24, 2.45) is 5.41 Å². The molecular weight excluding hydrogens is 280 g/mol. The van der Waals surface area contributed by atoms with Gasteiger partial charge in [0.05, 0.1) is 4.92 Å². The van der Waals surface area contributed by atoms with E-state index in [1.165, 1.54) is 25.9 Å². The highest BCUT2D eigenvalue weighted by Gasteiger charge is 2.50. The van der Waals surface area contributed by atoms with E-state index in [4.69, 9.17) is 0 Å². The zero-order valence-electron chi connectivity index (χ0n) is 12.7. The second-order valence-electron chi connectivity index (χ2n) is 6.96. The Kier molecular flexibility index (Phi) is 3.31. The zero-order valence-corrected chi connectivity index (χ0v) is 12.7. The quantitative estimate of drug-likeness (QED) is 0.677. The van der Waals surface area contributed by atoms with Crippen LogP contribution in [0.3, 0.4) is 0 Å². The third kappa shape index (κ3) is 2.36. The maximum atomic E-state index is 10.7. The van der Waals surface area contributed by atoms with Gasteiger partial charge in [-0.2, -0.15) is 0 Å². The van der Waals surface area contributed by atoms with Crippen LogP contribution in [-0.4, -0.2) is 55.1 Å². The summed E-state index contributed by atoms with van der Waals surface area (Å²) in [6, 6.07) is 7.71. The Morgan fingerprint density at radius 3 is 2.23 bits per heavy atom. The van der Waals surface area contributed by atoms with Gasteiger partial charge < -0.3 is 10.2 Å². The minimum Gasteiger partial charge on any atom is -0.369 e. The summed E-state index contributed by atoms with van der Waals surface area (Å²) in [7, 11) is 0. The molecule has 6 nitrogen and oxygen atoms in total. The summed E-state index contributed by atoms with van der Waals surface area (Å²) in [5.74, 6) is 0. The molecule has 0 bridgehead atoms. The van der Waals surface area contributed by atoms with Gasteiger partial charge >= 0.3 is 0 Å². The van der Waals surface area contributed by atoms with Crippen molar-refractivity contribution in [1.82, 2.24) is 10.2 Å². The molecule has 2 saturated heterocycles. The van der Waals surface area contributed by atoms with E-state index in [-0.39, 0.29) is 10.6 Å². The van der Waals surface area contributed by atoms with Gasteiger partial charge in [-0.25, -0.2) is 0 Å². The van der Waals surface area contributed by atoms with Crippen molar-refractivity contribution in [2.75, 3.05) is 44.2 Å². The van der Waals surface area contributed by atoms with Crippen LogP contribution in [0.15, 0.2) is 24.3 Å². The molecule has 118 valence electrons. The molecule has 0 unspecified atom stereocenters. The monoisotopic (exact) mass is 302 g/mol. The summed E-state index contributed by atoms with van der Waals surface area (Å²) in [4.78, 5) is 15.3. The van der Waals surface area contributed by atoms with Gasteiger partial charge in [-0.1, -0.05) is 0 Å². The van der Waals surface area contributed by atoms with Crippen LogP contribution in [0.2, 0.25) is 0 Å². The third-order valence-corrected chi connectivity index (χ3v) is 5.59. The predicted molar refractivity (Wildman–Crippen MR) is 85.2 cm³/mol. The Bertz CT molecular complexity index is 554. The molecule has 1 aliphatic carbocycles. The lowest BCUT2D eigenvalue weighted by Gasteiger charge is -2.58. The lowest BCUT2D eigenvalue weighted by molar-refractivity contribution is -0.384. The summed E-state index contributed by atoms with van der Waals surface area (Å²) >= 11 is 0. The average molecular weight is 302 g/mol. The minimum atomic E-state index is -0.344. The summed E-state index contributed by atoms with van der Waals surface area (Å²) in [5, 5.41) is 14.1. The van der Waals surface area contributed by atoms with Gasteiger partial charge in [0.25, 0.3) is 5.69 Å². The van der Waals surface area contributed by atoms with Gasteiger partial charge in [0.1, 0.15) is 0 Å². The molecule has 2 aliphatic heterocycles. The van der Waals surface area contributed by atoms with Crippen LogP contribution >= 0.6 is 0 Å². The molecular formula is C16H22N4O2. The van der Waals surface area contributed by atoms with E-state index in [9.17, 15) is 10.1 Å². The highest BCUT2D eigenvalue weighted by molar-refractivity contribution is 5.51. The van der Waals surface area contributed by atoms with Crippen molar-refractivity contribution in [2.45, 2.75) is 18.9 Å². The first-order valence-electron chi connectivity index (χ1n) is 8.09. The second-order valence-corrected chi connectivity index (χ2v) is 6.96. The van der Waals surface area contributed by atoms with Crippen molar-refractivity contribution >= 4 is 11.4 Å². The number of anilines is 1. The summed E-state index contributed by atoms with van der Waals surface area (Å²) < 4.78 is 0. The maximum Gasteiger partial charge on any atom is 0.269 e. The Hall–Kier alpha value is -1.66. The van der Waals surface area contributed by atoms with E-state index < -0.39 is 0 Å². The fraction of sp³-hybridized carbons (Fsp3) is 0.625. The molecule has 1 spiro atoms. The van der Waals surface area contributed by atoms with E-state index in [2.05, 4.69) is 15.1 Å². The largest absolute Gasteiger partial charge is 0.369 e. The number of hydrogen-bond acceptors (Lipinski definition) is 5. The van der Waals surface area contributed by atoms with Gasteiger partial charge in [0.2, 0.25) is 0 Å². The molecule has 4 rings (SSSR count). The molecule has 22 heavy (non-hydrogen) atoms. The second kappa shape index (κ2) is 5.21. The first kappa shape index (κ1) is 14.0. The number of hydrogen-bond donors (Lipinski definition) is 1. The number of nitro benzene ring substituents is 1. The van der Waals surface area contributed by atoms with Crippen LogP contribution in [0.1, 0.15) is 12.8 Å². The third-order valence-electron chi connectivity index (χ3n) is 5.59. The summed E-state index contributed by atoms with van der Waals surface area (Å²) in [5.41, 5.74) is 1.90. The lowest BCUT2D eigenvalue weighted by Crippen LogP contribution is -2.66. The van der Waals surface area contributed by atoms with E-state index >= 15 is 0 Å². The number of rotatable bonds is 3. The molecule has 0 aromatic heterocycles. The number of benzene rings is 1. The zero-order chi connectivity index (χ0) is 15.2. The first-order chi connectivity index (χ1) is 10.7. The standard InChI is InChI=1S/C16H22N4O2/c21-20(22)14-3-1-13(2-4-14)18-5-7-19(8-6-18)15-9-16(10-15)11-17-12-16/h1-4,15,17H,5-12H2. The Morgan fingerprint density at radius 2 is 1.73 bits per heavy atom. The predicted octanol–water partition coefficient (Wildman–Crippen LogP) is 1.47. The van der Waals surface area contributed by atoms with Crippen LogP contribution < -0.4 is 10.2 Å². The van der Waals surface area contributed by atoms with Gasteiger partial charge in [-0.3, -0.25) is 15.0 Å². The van der Waals surface area contributed by atoms with Crippen molar-refractivity contribution in [3.05, 3.63) is 34.4 Å². The molecule has 1 aromatic rings. The topological polar surface area (TPSA) is 61.7 Å². The summed E-state index contributed by atoms with van der Waals surface area (Å²) in [6.45, 7) is 6.66. The van der Waals surface area contributed by atoms with E-state index in [1.54, 1.807) is 12.1 Å². The highest BCUT2D eigenvalue weighted by atomic mass is 16.6. The molecule has 3 fully saturated rings. The molecule has 3 aliphatic rings. The van der Waals surface area contributed by atoms with Crippen LogP contribution in [0, 0.1) is 15.5 Å². The smallest absolute Gasteiger partial charge is 0.269 e. The number of nitrogens with zero attached hydrogens (tertiary/aromatic N) is 3. The van der Waals surface area contributed by atoms with Crippen molar-refractivity contribution in [1.29, 1.82) is 0 Å². The first-order valence-corrected chi connectivity index (χ1v) is 8.09. The molecule has 1 N–H and O–H groups in total. The average Bonchev–Trinajstić information content (AvgIpc) is 2.45. The van der Waals surface area contributed by atoms with Crippen LogP contribution in [0.25, 0.3) is 0 Å². The maximum absolute atomic E-state index is 10.7. The molecule has 0 amide bonds. The van der Waals surface area contributed by atoms with Crippen LogP contribution in [0.5, 0.6) is 0 Å². The molecule has 1 aromatic carbocycles. The van der Waals surface area contributed by atoms with Crippen LogP contribution in [-0.2, 0) is 0 Å². The Labute approximate surface area is 130 Å². The molecule has 0 radical (unpaired) electrons. The molecule has 6 heteroatoms. The van der Waals surface area contributed by atoms with E-state index in [1.807, 2.05) is 12.1 Å². The molecule has 0 atom stereocenters. The fourth-order valence-corrected chi connectivity index (χ4v) is 4.10. The van der Waals surface area contributed by atoms with Crippen molar-refractivity contribution in [3.63, 3.8) is 0 Å². The van der Waals surface area contributed by atoms with E-state index in [0.717, 1.165) is 37.9 Å². The summed E-state index contributed by atoms with van der Waals surface area (Å²) in [6.07, 6.45) is 2.72. The van der Waals surface area contributed by atoms with Gasteiger partial charge in [0, 0.05) is 63.1 Å². The normalized spacial score (nSPS) is 24.8. The minimum absolute atomic E-state index is 0.163.